The van der Waals surface area contributed by atoms with Crippen molar-refractivity contribution in [3.63, 3.8) is 0 Å². The average Bonchev–Trinajstić information content (AvgIpc) is 2.42. The molecular formula is C16H18BrFN2O. The second kappa shape index (κ2) is 7.00. The van der Waals surface area contributed by atoms with Crippen LogP contribution < -0.4 is 10.1 Å². The van der Waals surface area contributed by atoms with E-state index in [9.17, 15) is 4.39 Å². The summed E-state index contributed by atoms with van der Waals surface area (Å²) in [5.74, 6) is 0.411. The fourth-order valence-electron chi connectivity index (χ4n) is 2.19. The van der Waals surface area contributed by atoms with E-state index in [4.69, 9.17) is 4.74 Å². The van der Waals surface area contributed by atoms with Gasteiger partial charge in [-0.25, -0.2) is 4.39 Å². The van der Waals surface area contributed by atoms with E-state index in [1.807, 2.05) is 26.0 Å². The fraction of sp³-hybridized carbons (Fsp3) is 0.312. The standard InChI is InChI=1S/C16H18BrFN2O/c1-10(2)21-12-7-11(8-20-9-12)16(19-3)15-13(17)5-4-6-14(15)18/h4-10,16,19H,1-3H3. The molecule has 1 aromatic carbocycles. The van der Waals surface area contributed by atoms with Crippen molar-refractivity contribution in [1.29, 1.82) is 0 Å². The lowest BCUT2D eigenvalue weighted by Gasteiger charge is -2.20. The first-order chi connectivity index (χ1) is 10.0. The molecule has 21 heavy (non-hydrogen) atoms. The van der Waals surface area contributed by atoms with E-state index in [-0.39, 0.29) is 18.0 Å². The summed E-state index contributed by atoms with van der Waals surface area (Å²) in [7, 11) is 1.79. The van der Waals surface area contributed by atoms with Gasteiger partial charge in [-0.15, -0.1) is 0 Å². The van der Waals surface area contributed by atoms with Gasteiger partial charge in [0.05, 0.1) is 18.3 Å². The molecule has 0 amide bonds. The number of hydrogen-bond donors (Lipinski definition) is 1. The van der Waals surface area contributed by atoms with Gasteiger partial charge in [-0.1, -0.05) is 22.0 Å². The van der Waals surface area contributed by atoms with Crippen molar-refractivity contribution < 1.29 is 9.13 Å². The summed E-state index contributed by atoms with van der Waals surface area (Å²) in [6.07, 6.45) is 3.44. The number of nitrogens with one attached hydrogen (secondary N) is 1. The molecule has 0 fully saturated rings. The first-order valence-electron chi connectivity index (χ1n) is 6.75. The lowest BCUT2D eigenvalue weighted by atomic mass is 9.99. The smallest absolute Gasteiger partial charge is 0.138 e. The van der Waals surface area contributed by atoms with Crippen molar-refractivity contribution in [2.24, 2.45) is 0 Å². The number of nitrogens with zero attached hydrogens (tertiary/aromatic N) is 1. The van der Waals surface area contributed by atoms with Crippen LogP contribution in [0.25, 0.3) is 0 Å². The van der Waals surface area contributed by atoms with E-state index in [0.29, 0.717) is 11.3 Å². The molecule has 1 unspecified atom stereocenters. The van der Waals surface area contributed by atoms with Gasteiger partial charge in [0.15, 0.2) is 0 Å². The number of halogens is 2. The summed E-state index contributed by atoms with van der Waals surface area (Å²) >= 11 is 3.41. The van der Waals surface area contributed by atoms with Crippen LogP contribution in [0, 0.1) is 5.82 Å². The topological polar surface area (TPSA) is 34.2 Å². The van der Waals surface area contributed by atoms with E-state index in [1.54, 1.807) is 25.5 Å². The predicted octanol–water partition coefficient (Wildman–Crippen LogP) is 4.08. The normalized spacial score (nSPS) is 12.5. The lowest BCUT2D eigenvalue weighted by molar-refractivity contribution is 0.241. The summed E-state index contributed by atoms with van der Waals surface area (Å²) in [6.45, 7) is 3.91. The predicted molar refractivity (Wildman–Crippen MR) is 85.0 cm³/mol. The summed E-state index contributed by atoms with van der Waals surface area (Å²) in [5.41, 5.74) is 1.41. The highest BCUT2D eigenvalue weighted by Gasteiger charge is 2.20. The van der Waals surface area contributed by atoms with Crippen molar-refractivity contribution in [1.82, 2.24) is 10.3 Å². The summed E-state index contributed by atoms with van der Waals surface area (Å²) in [5, 5.41) is 3.13. The Morgan fingerprint density at radius 2 is 2.05 bits per heavy atom. The van der Waals surface area contributed by atoms with Crippen LogP contribution in [-0.4, -0.2) is 18.1 Å². The van der Waals surface area contributed by atoms with Gasteiger partial charge < -0.3 is 10.1 Å². The molecule has 1 aromatic heterocycles. The number of aromatic nitrogens is 1. The van der Waals surface area contributed by atoms with E-state index < -0.39 is 0 Å². The van der Waals surface area contributed by atoms with Crippen LogP contribution in [0.1, 0.15) is 31.0 Å². The Morgan fingerprint density at radius 3 is 2.67 bits per heavy atom. The zero-order valence-electron chi connectivity index (χ0n) is 12.2. The largest absolute Gasteiger partial charge is 0.489 e. The highest BCUT2D eigenvalue weighted by atomic mass is 79.9. The quantitative estimate of drug-likeness (QED) is 0.880. The van der Waals surface area contributed by atoms with Crippen molar-refractivity contribution in [3.8, 4) is 5.75 Å². The molecule has 0 saturated heterocycles. The monoisotopic (exact) mass is 352 g/mol. The summed E-state index contributed by atoms with van der Waals surface area (Å²) in [4.78, 5) is 4.19. The van der Waals surface area contributed by atoms with Gasteiger partial charge in [-0.05, 0) is 44.7 Å². The lowest BCUT2D eigenvalue weighted by Crippen LogP contribution is -2.20. The Morgan fingerprint density at radius 1 is 1.29 bits per heavy atom. The van der Waals surface area contributed by atoms with Crippen LogP contribution in [-0.2, 0) is 0 Å². The van der Waals surface area contributed by atoms with Gasteiger partial charge in [0.2, 0.25) is 0 Å². The molecule has 0 aliphatic rings. The molecule has 3 nitrogen and oxygen atoms in total. The SMILES string of the molecule is CNC(c1cncc(OC(C)C)c1)c1c(F)cccc1Br. The molecule has 2 aromatic rings. The van der Waals surface area contributed by atoms with Gasteiger partial charge in [0.1, 0.15) is 11.6 Å². The van der Waals surface area contributed by atoms with E-state index in [2.05, 4.69) is 26.2 Å². The van der Waals surface area contributed by atoms with Gasteiger partial charge in [0.25, 0.3) is 0 Å². The Hall–Kier alpha value is -1.46. The third-order valence-electron chi connectivity index (χ3n) is 3.02. The van der Waals surface area contributed by atoms with Crippen LogP contribution in [0.4, 0.5) is 4.39 Å². The van der Waals surface area contributed by atoms with Crippen LogP contribution >= 0.6 is 15.9 Å². The zero-order chi connectivity index (χ0) is 15.4. The Balaban J connectivity index is 2.42. The van der Waals surface area contributed by atoms with Gasteiger partial charge in [-0.3, -0.25) is 4.98 Å². The molecular weight excluding hydrogens is 335 g/mol. The third-order valence-corrected chi connectivity index (χ3v) is 3.71. The Bertz CT molecular complexity index is 599. The molecule has 0 aliphatic heterocycles. The minimum absolute atomic E-state index is 0.0651. The molecule has 0 radical (unpaired) electrons. The highest BCUT2D eigenvalue weighted by molar-refractivity contribution is 9.10. The van der Waals surface area contributed by atoms with Crippen LogP contribution in [0.3, 0.4) is 0 Å². The van der Waals surface area contributed by atoms with Gasteiger partial charge >= 0.3 is 0 Å². The minimum Gasteiger partial charge on any atom is -0.489 e. The Labute approximate surface area is 132 Å². The molecule has 112 valence electrons. The minimum atomic E-state index is -0.302. The third kappa shape index (κ3) is 3.80. The van der Waals surface area contributed by atoms with Crippen LogP contribution in [0.2, 0.25) is 0 Å². The van der Waals surface area contributed by atoms with Crippen molar-refractivity contribution in [2.45, 2.75) is 26.0 Å². The molecule has 0 bridgehead atoms. The molecule has 1 atom stereocenters. The molecule has 0 aliphatic carbocycles. The maximum atomic E-state index is 14.2. The van der Waals surface area contributed by atoms with Crippen molar-refractivity contribution >= 4 is 15.9 Å². The Kier molecular flexibility index (Phi) is 5.31. The molecule has 2 rings (SSSR count). The highest BCUT2D eigenvalue weighted by Crippen LogP contribution is 2.31. The number of pyridine rings is 1. The van der Waals surface area contributed by atoms with Crippen LogP contribution in [0.5, 0.6) is 5.75 Å². The maximum Gasteiger partial charge on any atom is 0.138 e. The summed E-state index contributed by atoms with van der Waals surface area (Å²) < 4.78 is 20.5. The molecule has 0 saturated carbocycles. The van der Waals surface area contributed by atoms with Gasteiger partial charge in [0, 0.05) is 16.2 Å². The number of hydrogen-bond acceptors (Lipinski definition) is 3. The average molecular weight is 353 g/mol. The number of benzene rings is 1. The van der Waals surface area contributed by atoms with E-state index in [0.717, 1.165) is 10.0 Å². The molecule has 1 heterocycles. The number of rotatable bonds is 5. The number of ether oxygens (including phenoxy) is 1. The second-order valence-electron chi connectivity index (χ2n) is 4.98. The molecule has 0 spiro atoms. The van der Waals surface area contributed by atoms with E-state index >= 15 is 0 Å². The summed E-state index contributed by atoms with van der Waals surface area (Å²) in [6, 6.07) is 6.53. The second-order valence-corrected chi connectivity index (χ2v) is 5.83. The molecule has 1 N–H and O–H groups in total. The van der Waals surface area contributed by atoms with Crippen molar-refractivity contribution in [3.05, 3.63) is 58.1 Å². The fourth-order valence-corrected chi connectivity index (χ4v) is 2.77. The van der Waals surface area contributed by atoms with E-state index in [1.165, 1.54) is 6.07 Å². The zero-order valence-corrected chi connectivity index (χ0v) is 13.8. The van der Waals surface area contributed by atoms with Gasteiger partial charge in [-0.2, -0.15) is 0 Å². The molecule has 5 heteroatoms. The van der Waals surface area contributed by atoms with Crippen LogP contribution in [0.15, 0.2) is 41.1 Å². The maximum absolute atomic E-state index is 14.2. The first-order valence-corrected chi connectivity index (χ1v) is 7.55. The van der Waals surface area contributed by atoms with Crippen molar-refractivity contribution in [2.75, 3.05) is 7.05 Å². The first kappa shape index (κ1) is 15.9.